The number of hydrogen-bond acceptors (Lipinski definition) is 5. The Morgan fingerprint density at radius 1 is 1.11 bits per heavy atom. The number of rotatable bonds is 5. The highest BCUT2D eigenvalue weighted by Crippen LogP contribution is 2.37. The number of nitriles is 1. The monoisotopic (exact) mass is 500 g/mol. The smallest absolute Gasteiger partial charge is 0.382 e. The molecule has 1 N–H and O–H groups in total. The van der Waals surface area contributed by atoms with Crippen molar-refractivity contribution in [1.82, 2.24) is 9.88 Å². The summed E-state index contributed by atoms with van der Waals surface area (Å²) in [6.07, 6.45) is -3.73. The van der Waals surface area contributed by atoms with E-state index in [4.69, 9.17) is 11.6 Å². The number of alkyl halides is 3. The van der Waals surface area contributed by atoms with Crippen LogP contribution >= 0.6 is 11.6 Å². The molecule has 1 saturated heterocycles. The van der Waals surface area contributed by atoms with Crippen LogP contribution in [0.3, 0.4) is 0 Å². The van der Waals surface area contributed by atoms with Gasteiger partial charge in [0.1, 0.15) is 5.60 Å². The Morgan fingerprint density at radius 3 is 2.46 bits per heavy atom. The summed E-state index contributed by atoms with van der Waals surface area (Å²) in [4.78, 5) is 8.15. The molecule has 0 spiro atoms. The zero-order chi connectivity index (χ0) is 25.2. The predicted octanol–water partition coefficient (Wildman–Crippen LogP) is 5.40. The van der Waals surface area contributed by atoms with Crippen LogP contribution in [0.25, 0.3) is 0 Å². The van der Waals surface area contributed by atoms with Gasteiger partial charge in [0.2, 0.25) is 0 Å². The van der Waals surface area contributed by atoms with Crippen molar-refractivity contribution in [2.45, 2.75) is 24.7 Å². The van der Waals surface area contributed by atoms with E-state index in [2.05, 4.69) is 20.9 Å². The summed E-state index contributed by atoms with van der Waals surface area (Å²) in [6.45, 7) is 3.50. The number of anilines is 1. The summed E-state index contributed by atoms with van der Waals surface area (Å²) in [5.74, 6) is 0. The maximum atomic E-state index is 12.9. The number of halogens is 4. The van der Waals surface area contributed by atoms with Gasteiger partial charge in [-0.3, -0.25) is 9.88 Å². The molecular weight excluding hydrogens is 477 g/mol. The molecule has 2 aromatic carbocycles. The number of β-amino-alcohol motifs (C(OH)–C–C–N with tert-alkyl or cyclic N) is 1. The number of nitrogens with zero attached hydrogens (tertiary/aromatic N) is 4. The van der Waals surface area contributed by atoms with Gasteiger partial charge in [-0.05, 0) is 42.8 Å². The molecule has 0 aliphatic carbocycles. The largest absolute Gasteiger partial charge is 0.417 e. The maximum absolute atomic E-state index is 12.9. The van der Waals surface area contributed by atoms with Gasteiger partial charge < -0.3 is 10.0 Å². The molecule has 0 saturated carbocycles. The fourth-order valence-electron chi connectivity index (χ4n) is 4.44. The van der Waals surface area contributed by atoms with E-state index in [1.165, 1.54) is 6.07 Å². The summed E-state index contributed by atoms with van der Waals surface area (Å²) in [5, 5.41) is 20.8. The normalized spacial score (nSPS) is 18.7. The van der Waals surface area contributed by atoms with Gasteiger partial charge in [0, 0.05) is 32.4 Å². The van der Waals surface area contributed by atoms with E-state index in [-0.39, 0.29) is 18.3 Å². The van der Waals surface area contributed by atoms with E-state index >= 15 is 0 Å². The number of benzene rings is 2. The first-order chi connectivity index (χ1) is 16.6. The van der Waals surface area contributed by atoms with Crippen LogP contribution in [-0.2, 0) is 11.8 Å². The van der Waals surface area contributed by atoms with Crippen molar-refractivity contribution < 1.29 is 18.3 Å². The van der Waals surface area contributed by atoms with Crippen molar-refractivity contribution in [2.24, 2.45) is 0 Å². The highest BCUT2D eigenvalue weighted by Gasteiger charge is 2.36. The molecule has 4 rings (SSSR count). The first-order valence-corrected chi connectivity index (χ1v) is 11.5. The van der Waals surface area contributed by atoms with Crippen molar-refractivity contribution in [3.05, 3.63) is 94.3 Å². The Morgan fingerprint density at radius 2 is 1.86 bits per heavy atom. The molecule has 0 bridgehead atoms. The SMILES string of the molecule is C[C@@](O)(CN1CCN(c2ccc(C#N)cc2Cl)[C@H](c2ccccc2)C1)c1ccc(C(F)(F)F)cn1. The first kappa shape index (κ1) is 25.0. The van der Waals surface area contributed by atoms with Crippen LogP contribution in [0.1, 0.15) is 35.3 Å². The molecule has 0 radical (unpaired) electrons. The number of piperazine rings is 1. The second-order valence-electron chi connectivity index (χ2n) is 8.84. The van der Waals surface area contributed by atoms with E-state index in [0.717, 1.165) is 23.5 Å². The maximum Gasteiger partial charge on any atom is 0.417 e. The molecule has 182 valence electrons. The molecule has 0 unspecified atom stereocenters. The average Bonchev–Trinajstić information content (AvgIpc) is 2.84. The summed E-state index contributed by atoms with van der Waals surface area (Å²) in [6, 6.07) is 19.3. The molecule has 35 heavy (non-hydrogen) atoms. The molecule has 1 aliphatic heterocycles. The molecule has 9 heteroatoms. The Kier molecular flexibility index (Phi) is 7.04. The first-order valence-electron chi connectivity index (χ1n) is 11.1. The van der Waals surface area contributed by atoms with Crippen molar-refractivity contribution >= 4 is 17.3 Å². The molecule has 1 aromatic heterocycles. The minimum atomic E-state index is -4.48. The number of hydrogen-bond donors (Lipinski definition) is 1. The van der Waals surface area contributed by atoms with Crippen LogP contribution in [0.5, 0.6) is 0 Å². The highest BCUT2D eigenvalue weighted by atomic mass is 35.5. The van der Waals surface area contributed by atoms with Gasteiger partial charge in [-0.2, -0.15) is 18.4 Å². The average molecular weight is 501 g/mol. The summed E-state index contributed by atoms with van der Waals surface area (Å²) >= 11 is 6.53. The van der Waals surface area contributed by atoms with Gasteiger partial charge >= 0.3 is 6.18 Å². The number of aromatic nitrogens is 1. The molecular formula is C26H24ClF3N4O. The summed E-state index contributed by atoms with van der Waals surface area (Å²) in [5.41, 5.74) is 0.238. The predicted molar refractivity (Wildman–Crippen MR) is 128 cm³/mol. The molecule has 1 aliphatic rings. The molecule has 2 atom stereocenters. The number of pyridine rings is 1. The lowest BCUT2D eigenvalue weighted by Crippen LogP contribution is -2.52. The van der Waals surface area contributed by atoms with Crippen molar-refractivity contribution in [3.8, 4) is 6.07 Å². The van der Waals surface area contributed by atoms with E-state index < -0.39 is 17.3 Å². The van der Waals surface area contributed by atoms with Gasteiger partial charge in [-0.15, -0.1) is 0 Å². The van der Waals surface area contributed by atoms with E-state index in [1.807, 2.05) is 36.4 Å². The third kappa shape index (κ3) is 5.59. The molecule has 1 fully saturated rings. The van der Waals surface area contributed by atoms with Crippen LogP contribution in [0.15, 0.2) is 66.9 Å². The Bertz CT molecular complexity index is 1210. The zero-order valence-electron chi connectivity index (χ0n) is 19.0. The Balaban J connectivity index is 1.57. The molecule has 5 nitrogen and oxygen atoms in total. The lowest BCUT2D eigenvalue weighted by Gasteiger charge is -2.45. The summed E-state index contributed by atoms with van der Waals surface area (Å²) in [7, 11) is 0. The van der Waals surface area contributed by atoms with Crippen molar-refractivity contribution in [2.75, 3.05) is 31.1 Å². The van der Waals surface area contributed by atoms with Gasteiger partial charge in [-0.1, -0.05) is 41.9 Å². The van der Waals surface area contributed by atoms with Gasteiger partial charge in [-0.25, -0.2) is 0 Å². The van der Waals surface area contributed by atoms with Crippen LogP contribution in [-0.4, -0.2) is 41.2 Å². The van der Waals surface area contributed by atoms with E-state index in [1.54, 1.807) is 19.1 Å². The van der Waals surface area contributed by atoms with E-state index in [9.17, 15) is 23.5 Å². The zero-order valence-corrected chi connectivity index (χ0v) is 19.8. The lowest BCUT2D eigenvalue weighted by molar-refractivity contribution is -0.137. The molecule has 2 heterocycles. The van der Waals surface area contributed by atoms with Gasteiger partial charge in [0.15, 0.2) is 0 Å². The van der Waals surface area contributed by atoms with E-state index in [0.29, 0.717) is 30.2 Å². The van der Waals surface area contributed by atoms with Crippen LogP contribution in [0.2, 0.25) is 5.02 Å². The second-order valence-corrected chi connectivity index (χ2v) is 9.24. The Hall–Kier alpha value is -3.12. The fraction of sp³-hybridized carbons (Fsp3) is 0.308. The third-order valence-electron chi connectivity index (χ3n) is 6.21. The van der Waals surface area contributed by atoms with Crippen LogP contribution in [0, 0.1) is 11.3 Å². The quantitative estimate of drug-likeness (QED) is 0.508. The minimum Gasteiger partial charge on any atom is -0.382 e. The molecule has 3 aromatic rings. The fourth-order valence-corrected chi connectivity index (χ4v) is 4.73. The third-order valence-corrected chi connectivity index (χ3v) is 6.51. The van der Waals surface area contributed by atoms with Gasteiger partial charge in [0.05, 0.1) is 39.6 Å². The number of aliphatic hydroxyl groups is 1. The van der Waals surface area contributed by atoms with Gasteiger partial charge in [0.25, 0.3) is 0 Å². The lowest BCUT2D eigenvalue weighted by atomic mass is 9.97. The second kappa shape index (κ2) is 9.86. The summed E-state index contributed by atoms with van der Waals surface area (Å²) < 4.78 is 38.7. The van der Waals surface area contributed by atoms with Crippen molar-refractivity contribution in [1.29, 1.82) is 5.26 Å². The minimum absolute atomic E-state index is 0.0910. The van der Waals surface area contributed by atoms with Crippen LogP contribution < -0.4 is 4.90 Å². The van der Waals surface area contributed by atoms with Crippen molar-refractivity contribution in [3.63, 3.8) is 0 Å². The standard InChI is InChI=1S/C26H24ClF3N4O/c1-25(35,24-10-8-20(15-32-24)26(28,29)30)17-33-11-12-34(22-9-7-18(14-31)13-21(22)27)23(16-33)19-5-3-2-4-6-19/h2-10,13,15,23,35H,11-12,16-17H2,1H3/t23-,25+/m0/s1. The Labute approximate surface area is 207 Å². The molecule has 0 amide bonds. The highest BCUT2D eigenvalue weighted by molar-refractivity contribution is 6.33. The topological polar surface area (TPSA) is 63.4 Å². The van der Waals surface area contributed by atoms with Crippen LogP contribution in [0.4, 0.5) is 18.9 Å².